The third-order valence-electron chi connectivity index (χ3n) is 2.99. The number of nitrogens with one attached hydrogen (secondary N) is 1. The van der Waals surface area contributed by atoms with Gasteiger partial charge in [-0.2, -0.15) is 0 Å². The van der Waals surface area contributed by atoms with E-state index in [0.717, 1.165) is 5.92 Å². The molecule has 0 bridgehead atoms. The molecule has 0 radical (unpaired) electrons. The zero-order chi connectivity index (χ0) is 10.1. The molecule has 0 aromatic heterocycles. The molecule has 1 aromatic rings. The maximum absolute atomic E-state index is 3.27. The standard InChI is InChI=1S/C12H17NS/c1-8-7-14-12-6-10(9(2)13-3)4-5-11(8)12/h4-6,8-9,13H,7H2,1-3H3. The van der Waals surface area contributed by atoms with Crippen molar-refractivity contribution in [2.24, 2.45) is 0 Å². The molecule has 0 saturated heterocycles. The van der Waals surface area contributed by atoms with E-state index in [1.165, 1.54) is 21.8 Å². The normalized spacial score (nSPS) is 22.1. The summed E-state index contributed by atoms with van der Waals surface area (Å²) in [5.74, 6) is 1.97. The predicted octanol–water partition coefficient (Wildman–Crippen LogP) is 3.18. The van der Waals surface area contributed by atoms with Crippen LogP contribution >= 0.6 is 11.8 Å². The first-order valence-electron chi connectivity index (χ1n) is 5.16. The Hall–Kier alpha value is -0.470. The minimum Gasteiger partial charge on any atom is -0.313 e. The van der Waals surface area contributed by atoms with Crippen molar-refractivity contribution >= 4 is 11.8 Å². The van der Waals surface area contributed by atoms with E-state index in [0.29, 0.717) is 6.04 Å². The molecule has 0 amide bonds. The maximum Gasteiger partial charge on any atom is 0.0289 e. The summed E-state index contributed by atoms with van der Waals surface area (Å²) in [7, 11) is 2.01. The van der Waals surface area contributed by atoms with E-state index in [9.17, 15) is 0 Å². The second-order valence-electron chi connectivity index (χ2n) is 4.02. The summed E-state index contributed by atoms with van der Waals surface area (Å²) in [6, 6.07) is 7.34. The molecule has 1 nitrogen and oxygen atoms in total. The lowest BCUT2D eigenvalue weighted by Gasteiger charge is -2.12. The van der Waals surface area contributed by atoms with E-state index < -0.39 is 0 Å². The van der Waals surface area contributed by atoms with Gasteiger partial charge in [0.05, 0.1) is 0 Å². The molecule has 1 heterocycles. The van der Waals surface area contributed by atoms with Gasteiger partial charge in [-0.05, 0) is 37.1 Å². The van der Waals surface area contributed by atoms with Gasteiger partial charge in [0.25, 0.3) is 0 Å². The molecule has 0 spiro atoms. The van der Waals surface area contributed by atoms with Crippen LogP contribution in [0.15, 0.2) is 23.1 Å². The molecule has 76 valence electrons. The van der Waals surface area contributed by atoms with Crippen LogP contribution in [-0.2, 0) is 0 Å². The molecule has 1 aromatic carbocycles. The fraction of sp³-hybridized carbons (Fsp3) is 0.500. The monoisotopic (exact) mass is 207 g/mol. The number of hydrogen-bond acceptors (Lipinski definition) is 2. The predicted molar refractivity (Wildman–Crippen MR) is 63.1 cm³/mol. The van der Waals surface area contributed by atoms with Crippen molar-refractivity contribution in [2.45, 2.75) is 30.7 Å². The van der Waals surface area contributed by atoms with Crippen molar-refractivity contribution in [3.8, 4) is 0 Å². The number of benzene rings is 1. The molecule has 0 saturated carbocycles. The molecule has 14 heavy (non-hydrogen) atoms. The highest BCUT2D eigenvalue weighted by molar-refractivity contribution is 7.99. The fourth-order valence-corrected chi connectivity index (χ4v) is 3.09. The Morgan fingerprint density at radius 3 is 3.00 bits per heavy atom. The van der Waals surface area contributed by atoms with E-state index in [-0.39, 0.29) is 0 Å². The van der Waals surface area contributed by atoms with Crippen LogP contribution in [-0.4, -0.2) is 12.8 Å². The summed E-state index contributed by atoms with van der Waals surface area (Å²) >= 11 is 1.99. The van der Waals surface area contributed by atoms with Crippen LogP contribution in [0.25, 0.3) is 0 Å². The van der Waals surface area contributed by atoms with Gasteiger partial charge in [-0.15, -0.1) is 11.8 Å². The Bertz CT molecular complexity index is 335. The third-order valence-corrected chi connectivity index (χ3v) is 4.32. The van der Waals surface area contributed by atoms with Gasteiger partial charge in [-0.3, -0.25) is 0 Å². The number of fused-ring (bicyclic) bond motifs is 1. The quantitative estimate of drug-likeness (QED) is 0.799. The van der Waals surface area contributed by atoms with Gasteiger partial charge in [0.15, 0.2) is 0 Å². The van der Waals surface area contributed by atoms with Crippen LogP contribution in [0.2, 0.25) is 0 Å². The van der Waals surface area contributed by atoms with Gasteiger partial charge in [0.1, 0.15) is 0 Å². The minimum absolute atomic E-state index is 0.455. The molecular formula is C12H17NS. The summed E-state index contributed by atoms with van der Waals surface area (Å²) < 4.78 is 0. The molecule has 2 rings (SSSR count). The smallest absolute Gasteiger partial charge is 0.0289 e. The second-order valence-corrected chi connectivity index (χ2v) is 5.08. The first-order chi connectivity index (χ1) is 6.72. The van der Waals surface area contributed by atoms with Crippen molar-refractivity contribution in [1.82, 2.24) is 5.32 Å². The fourth-order valence-electron chi connectivity index (χ4n) is 1.82. The summed E-state index contributed by atoms with van der Waals surface area (Å²) in [5, 5.41) is 3.27. The zero-order valence-electron chi connectivity index (χ0n) is 9.00. The van der Waals surface area contributed by atoms with Crippen molar-refractivity contribution in [3.05, 3.63) is 29.3 Å². The Balaban J connectivity index is 2.32. The lowest BCUT2D eigenvalue weighted by Crippen LogP contribution is -2.12. The van der Waals surface area contributed by atoms with Gasteiger partial charge in [0.2, 0.25) is 0 Å². The largest absolute Gasteiger partial charge is 0.313 e. The van der Waals surface area contributed by atoms with Crippen LogP contribution in [0.5, 0.6) is 0 Å². The Labute approximate surface area is 90.3 Å². The van der Waals surface area contributed by atoms with Gasteiger partial charge in [0, 0.05) is 16.7 Å². The number of hydrogen-bond donors (Lipinski definition) is 1. The Morgan fingerprint density at radius 1 is 1.50 bits per heavy atom. The van der Waals surface area contributed by atoms with E-state index >= 15 is 0 Å². The summed E-state index contributed by atoms with van der Waals surface area (Å²) in [4.78, 5) is 1.48. The van der Waals surface area contributed by atoms with Gasteiger partial charge in [-0.1, -0.05) is 19.1 Å². The highest BCUT2D eigenvalue weighted by Crippen LogP contribution is 2.40. The summed E-state index contributed by atoms with van der Waals surface area (Å²) in [5.41, 5.74) is 2.93. The van der Waals surface area contributed by atoms with E-state index in [4.69, 9.17) is 0 Å². The molecule has 0 fully saturated rings. The lowest BCUT2D eigenvalue weighted by molar-refractivity contribution is 0.650. The van der Waals surface area contributed by atoms with E-state index in [1.807, 2.05) is 18.8 Å². The van der Waals surface area contributed by atoms with Crippen LogP contribution in [0, 0.1) is 0 Å². The summed E-state index contributed by atoms with van der Waals surface area (Å²) in [6.07, 6.45) is 0. The van der Waals surface area contributed by atoms with E-state index in [1.54, 1.807) is 0 Å². The SMILES string of the molecule is CNC(C)c1ccc2c(c1)SCC2C. The second kappa shape index (κ2) is 3.95. The van der Waals surface area contributed by atoms with E-state index in [2.05, 4.69) is 37.4 Å². The van der Waals surface area contributed by atoms with Gasteiger partial charge < -0.3 is 5.32 Å². The molecule has 2 heteroatoms. The molecule has 0 aliphatic carbocycles. The molecule has 1 N–H and O–H groups in total. The lowest BCUT2D eigenvalue weighted by atomic mass is 10.00. The van der Waals surface area contributed by atoms with Crippen LogP contribution < -0.4 is 5.32 Å². The van der Waals surface area contributed by atoms with Crippen LogP contribution in [0.1, 0.15) is 36.9 Å². The molecule has 2 atom stereocenters. The van der Waals surface area contributed by atoms with Crippen LogP contribution in [0.4, 0.5) is 0 Å². The maximum atomic E-state index is 3.27. The Morgan fingerprint density at radius 2 is 2.29 bits per heavy atom. The molecular weight excluding hydrogens is 190 g/mol. The first kappa shape index (κ1) is 10.1. The zero-order valence-corrected chi connectivity index (χ0v) is 9.82. The molecule has 1 aliphatic rings. The third kappa shape index (κ3) is 1.69. The number of thioether (sulfide) groups is 1. The minimum atomic E-state index is 0.455. The summed E-state index contributed by atoms with van der Waals surface area (Å²) in [6.45, 7) is 4.50. The van der Waals surface area contributed by atoms with Crippen molar-refractivity contribution < 1.29 is 0 Å². The van der Waals surface area contributed by atoms with Crippen molar-refractivity contribution in [3.63, 3.8) is 0 Å². The van der Waals surface area contributed by atoms with Gasteiger partial charge >= 0.3 is 0 Å². The highest BCUT2D eigenvalue weighted by Gasteiger charge is 2.19. The average molecular weight is 207 g/mol. The first-order valence-corrected chi connectivity index (χ1v) is 6.15. The highest BCUT2D eigenvalue weighted by atomic mass is 32.2. The van der Waals surface area contributed by atoms with Crippen molar-refractivity contribution in [1.29, 1.82) is 0 Å². The van der Waals surface area contributed by atoms with Crippen molar-refractivity contribution in [2.75, 3.05) is 12.8 Å². The van der Waals surface area contributed by atoms with Crippen LogP contribution in [0.3, 0.4) is 0 Å². The Kier molecular flexibility index (Phi) is 2.84. The van der Waals surface area contributed by atoms with Gasteiger partial charge in [-0.25, -0.2) is 0 Å². The molecule has 1 aliphatic heterocycles. The molecule has 2 unspecified atom stereocenters. The average Bonchev–Trinajstić information content (AvgIpc) is 2.59. The number of rotatable bonds is 2. The topological polar surface area (TPSA) is 12.0 Å².